The highest BCUT2D eigenvalue weighted by Crippen LogP contribution is 2.38. The van der Waals surface area contributed by atoms with Gasteiger partial charge in [-0.2, -0.15) is 0 Å². The Bertz CT molecular complexity index is 3210. The molecular formula is C49H29N3O2. The van der Waals surface area contributed by atoms with Crippen molar-refractivity contribution < 1.29 is 8.83 Å². The van der Waals surface area contributed by atoms with Gasteiger partial charge in [0.1, 0.15) is 22.3 Å². The van der Waals surface area contributed by atoms with Gasteiger partial charge in [0, 0.05) is 55.4 Å². The molecule has 54 heavy (non-hydrogen) atoms. The maximum absolute atomic E-state index is 6.47. The molecule has 11 aromatic rings. The van der Waals surface area contributed by atoms with E-state index in [4.69, 9.17) is 18.8 Å². The molecule has 0 aliphatic carbocycles. The first-order valence-corrected chi connectivity index (χ1v) is 18.0. The van der Waals surface area contributed by atoms with Crippen molar-refractivity contribution in [1.29, 1.82) is 0 Å². The van der Waals surface area contributed by atoms with E-state index in [1.807, 2.05) is 54.7 Å². The monoisotopic (exact) mass is 691 g/mol. The summed E-state index contributed by atoms with van der Waals surface area (Å²) in [7, 11) is 0. The van der Waals surface area contributed by atoms with Gasteiger partial charge in [0.2, 0.25) is 0 Å². The molecule has 0 N–H and O–H groups in total. The molecule has 0 atom stereocenters. The van der Waals surface area contributed by atoms with Gasteiger partial charge >= 0.3 is 0 Å². The fourth-order valence-corrected chi connectivity index (χ4v) is 7.64. The van der Waals surface area contributed by atoms with E-state index in [1.54, 1.807) is 0 Å². The molecule has 0 aliphatic heterocycles. The fraction of sp³-hybridized carbons (Fsp3) is 0. The van der Waals surface area contributed by atoms with Crippen LogP contribution in [0, 0.1) is 0 Å². The van der Waals surface area contributed by atoms with Crippen LogP contribution in [0.3, 0.4) is 0 Å². The van der Waals surface area contributed by atoms with Crippen LogP contribution in [-0.4, -0.2) is 15.0 Å². The number of furan rings is 2. The summed E-state index contributed by atoms with van der Waals surface area (Å²) in [6.45, 7) is 0. The average Bonchev–Trinajstić information content (AvgIpc) is 3.81. The van der Waals surface area contributed by atoms with Gasteiger partial charge < -0.3 is 8.83 Å². The van der Waals surface area contributed by atoms with Crippen molar-refractivity contribution in [3.05, 3.63) is 176 Å². The summed E-state index contributed by atoms with van der Waals surface area (Å²) in [5, 5.41) is 5.48. The predicted octanol–water partition coefficient (Wildman–Crippen LogP) is 13.2. The van der Waals surface area contributed by atoms with Crippen molar-refractivity contribution >= 4 is 54.8 Å². The normalized spacial score (nSPS) is 11.7. The number of benzene rings is 7. The van der Waals surface area contributed by atoms with Gasteiger partial charge in [0.05, 0.1) is 16.9 Å². The first-order valence-electron chi connectivity index (χ1n) is 18.0. The Morgan fingerprint density at radius 2 is 0.963 bits per heavy atom. The Balaban J connectivity index is 0.987. The third-order valence-corrected chi connectivity index (χ3v) is 10.4. The molecule has 0 fully saturated rings. The number of hydrogen-bond donors (Lipinski definition) is 0. The van der Waals surface area contributed by atoms with E-state index < -0.39 is 0 Å². The molecule has 0 aliphatic rings. The van der Waals surface area contributed by atoms with E-state index in [2.05, 4.69) is 126 Å². The minimum atomic E-state index is 0.669. The van der Waals surface area contributed by atoms with Gasteiger partial charge in [-0.25, -0.2) is 9.97 Å². The van der Waals surface area contributed by atoms with Crippen LogP contribution in [-0.2, 0) is 0 Å². The van der Waals surface area contributed by atoms with Gasteiger partial charge in [0.25, 0.3) is 0 Å². The SMILES string of the molecule is c1ccc(-c2nc(-c3ccc(-c4cccc5cccnc45)cc3)cc(-c3ccc4c(c3)oc3ccc(-c5ccc6oc7ccccc7c6c5)cc34)n2)cc1. The minimum absolute atomic E-state index is 0.669. The van der Waals surface area contributed by atoms with E-state index in [-0.39, 0.29) is 0 Å². The number of rotatable bonds is 5. The largest absolute Gasteiger partial charge is 0.456 e. The van der Waals surface area contributed by atoms with Crippen molar-refractivity contribution in [2.24, 2.45) is 0 Å². The highest BCUT2D eigenvalue weighted by Gasteiger charge is 2.15. The Morgan fingerprint density at radius 3 is 1.76 bits per heavy atom. The first kappa shape index (κ1) is 30.3. The molecule has 0 spiro atoms. The zero-order valence-electron chi connectivity index (χ0n) is 28.9. The van der Waals surface area contributed by atoms with Crippen LogP contribution in [0.1, 0.15) is 0 Å². The summed E-state index contributed by atoms with van der Waals surface area (Å²) in [4.78, 5) is 14.8. The molecular weight excluding hydrogens is 663 g/mol. The van der Waals surface area contributed by atoms with E-state index in [1.165, 1.54) is 0 Å². The molecule has 0 radical (unpaired) electrons. The summed E-state index contributed by atoms with van der Waals surface area (Å²) in [5.41, 5.74) is 13.5. The quantitative estimate of drug-likeness (QED) is 0.180. The van der Waals surface area contributed by atoms with Crippen LogP contribution in [0.25, 0.3) is 111 Å². The zero-order valence-corrected chi connectivity index (χ0v) is 28.9. The first-order chi connectivity index (χ1) is 26.7. The molecule has 5 heteroatoms. The number of nitrogens with zero attached hydrogens (tertiary/aromatic N) is 3. The lowest BCUT2D eigenvalue weighted by Crippen LogP contribution is -1.96. The van der Waals surface area contributed by atoms with Gasteiger partial charge in [-0.3, -0.25) is 4.98 Å². The van der Waals surface area contributed by atoms with Crippen molar-refractivity contribution in [3.63, 3.8) is 0 Å². The molecule has 5 nitrogen and oxygen atoms in total. The summed E-state index contributed by atoms with van der Waals surface area (Å²) in [6, 6.07) is 58.5. The summed E-state index contributed by atoms with van der Waals surface area (Å²) in [5.74, 6) is 0.669. The Kier molecular flexibility index (Phi) is 6.79. The maximum Gasteiger partial charge on any atom is 0.160 e. The van der Waals surface area contributed by atoms with Crippen LogP contribution < -0.4 is 0 Å². The molecule has 0 amide bonds. The second-order valence-corrected chi connectivity index (χ2v) is 13.6. The smallest absolute Gasteiger partial charge is 0.160 e. The third-order valence-electron chi connectivity index (χ3n) is 10.4. The van der Waals surface area contributed by atoms with E-state index >= 15 is 0 Å². The van der Waals surface area contributed by atoms with Crippen LogP contribution in [0.2, 0.25) is 0 Å². The van der Waals surface area contributed by atoms with Gasteiger partial charge in [-0.05, 0) is 71.3 Å². The number of hydrogen-bond acceptors (Lipinski definition) is 5. The van der Waals surface area contributed by atoms with Gasteiger partial charge in [0.15, 0.2) is 5.82 Å². The Morgan fingerprint density at radius 1 is 0.352 bits per heavy atom. The van der Waals surface area contributed by atoms with E-state index in [9.17, 15) is 0 Å². The van der Waals surface area contributed by atoms with Crippen molar-refractivity contribution in [3.8, 4) is 56.2 Å². The van der Waals surface area contributed by atoms with Crippen LogP contribution in [0.15, 0.2) is 185 Å². The van der Waals surface area contributed by atoms with Crippen molar-refractivity contribution in [2.45, 2.75) is 0 Å². The molecule has 11 rings (SSSR count). The standard InChI is InChI=1S/C49H29N3O2/c1-2-8-33(9-3-1)49-51-42(31-17-15-30(16-18-31)37-13-6-10-32-11-7-25-50-48(32)37)29-43(52-49)36-19-22-39-41-27-35(21-24-46(41)54-47(39)28-36)34-20-23-45-40(26-34)38-12-4-5-14-44(38)53-45/h1-29H. The van der Waals surface area contributed by atoms with Crippen LogP contribution >= 0.6 is 0 Å². The molecule has 0 saturated heterocycles. The topological polar surface area (TPSA) is 65.0 Å². The highest BCUT2D eigenvalue weighted by molar-refractivity contribution is 6.09. The zero-order chi connectivity index (χ0) is 35.6. The number of pyridine rings is 1. The summed E-state index contributed by atoms with van der Waals surface area (Å²) < 4.78 is 12.6. The molecule has 7 aromatic carbocycles. The van der Waals surface area contributed by atoms with E-state index in [0.29, 0.717) is 5.82 Å². The fourth-order valence-electron chi connectivity index (χ4n) is 7.64. The van der Waals surface area contributed by atoms with Crippen LogP contribution in [0.5, 0.6) is 0 Å². The Labute approximate surface area is 309 Å². The lowest BCUT2D eigenvalue weighted by atomic mass is 9.99. The lowest BCUT2D eigenvalue weighted by molar-refractivity contribution is 0.668. The molecule has 4 heterocycles. The number of fused-ring (bicyclic) bond motifs is 7. The van der Waals surface area contributed by atoms with Crippen LogP contribution in [0.4, 0.5) is 0 Å². The molecule has 0 unspecified atom stereocenters. The minimum Gasteiger partial charge on any atom is -0.456 e. The predicted molar refractivity (Wildman–Crippen MR) is 219 cm³/mol. The number of aromatic nitrogens is 3. The average molecular weight is 692 g/mol. The second kappa shape index (κ2) is 12.1. The highest BCUT2D eigenvalue weighted by atomic mass is 16.3. The number of para-hydroxylation sites is 2. The molecule has 0 bridgehead atoms. The maximum atomic E-state index is 6.47. The second-order valence-electron chi connectivity index (χ2n) is 13.6. The van der Waals surface area contributed by atoms with Gasteiger partial charge in [-0.1, -0.05) is 115 Å². The Hall–Kier alpha value is -7.37. The summed E-state index contributed by atoms with van der Waals surface area (Å²) in [6.07, 6.45) is 1.85. The van der Waals surface area contributed by atoms with Crippen molar-refractivity contribution in [2.75, 3.05) is 0 Å². The lowest BCUT2D eigenvalue weighted by Gasteiger charge is -2.11. The third kappa shape index (κ3) is 5.06. The van der Waals surface area contributed by atoms with Gasteiger partial charge in [-0.15, -0.1) is 0 Å². The molecule has 252 valence electrons. The summed E-state index contributed by atoms with van der Waals surface area (Å²) >= 11 is 0. The molecule has 4 aromatic heterocycles. The molecule has 0 saturated carbocycles. The van der Waals surface area contributed by atoms with E-state index in [0.717, 1.165) is 105 Å². The van der Waals surface area contributed by atoms with Crippen molar-refractivity contribution in [1.82, 2.24) is 15.0 Å².